The summed E-state index contributed by atoms with van der Waals surface area (Å²) in [5.74, 6) is 2.49. The smallest absolute Gasteiger partial charge is 0.251 e. The summed E-state index contributed by atoms with van der Waals surface area (Å²) in [4.78, 5) is 25.8. The van der Waals surface area contributed by atoms with Crippen LogP contribution in [0.25, 0.3) is 0 Å². The summed E-state index contributed by atoms with van der Waals surface area (Å²) in [5, 5.41) is 2.84. The lowest BCUT2D eigenvalue weighted by Crippen LogP contribution is -2.40. The number of amides is 2. The van der Waals surface area contributed by atoms with Crippen LogP contribution in [0, 0.1) is 6.92 Å². The van der Waals surface area contributed by atoms with Crippen LogP contribution in [0.3, 0.4) is 0 Å². The molecule has 0 bridgehead atoms. The van der Waals surface area contributed by atoms with Crippen LogP contribution in [0.15, 0.2) is 34.7 Å². The third-order valence-electron chi connectivity index (χ3n) is 4.83. The number of likely N-dealkylation sites (tertiary alicyclic amines) is 1. The number of nitrogens with zero attached hydrogens (tertiary/aromatic N) is 1. The van der Waals surface area contributed by atoms with Gasteiger partial charge in [0.1, 0.15) is 17.6 Å². The van der Waals surface area contributed by atoms with E-state index in [-0.39, 0.29) is 17.9 Å². The summed E-state index contributed by atoms with van der Waals surface area (Å²) in [5.41, 5.74) is 0.486. The van der Waals surface area contributed by atoms with E-state index in [1.807, 2.05) is 24.0 Å². The fourth-order valence-electron chi connectivity index (χ4n) is 3.23. The molecule has 0 spiro atoms. The fourth-order valence-corrected chi connectivity index (χ4v) is 3.23. The Morgan fingerprint density at radius 2 is 1.93 bits per heavy atom. The summed E-state index contributed by atoms with van der Waals surface area (Å²) < 4.78 is 16.9. The van der Waals surface area contributed by atoms with Gasteiger partial charge < -0.3 is 24.1 Å². The van der Waals surface area contributed by atoms with Crippen LogP contribution in [-0.4, -0.2) is 43.0 Å². The zero-order chi connectivity index (χ0) is 20.1. The number of piperidine rings is 1. The van der Waals surface area contributed by atoms with E-state index in [2.05, 4.69) is 5.32 Å². The van der Waals surface area contributed by atoms with Crippen molar-refractivity contribution in [2.24, 2.45) is 0 Å². The Balaban J connectivity index is 1.64. The molecule has 0 radical (unpaired) electrons. The molecule has 150 valence electrons. The van der Waals surface area contributed by atoms with Crippen molar-refractivity contribution in [1.82, 2.24) is 10.2 Å². The molecule has 2 heterocycles. The molecule has 7 nitrogen and oxygen atoms in total. The minimum Gasteiger partial charge on any atom is -0.493 e. The number of carbonyl (C=O) groups is 2. The summed E-state index contributed by atoms with van der Waals surface area (Å²) in [7, 11) is 1.57. The van der Waals surface area contributed by atoms with Crippen molar-refractivity contribution in [2.45, 2.75) is 39.3 Å². The van der Waals surface area contributed by atoms with Gasteiger partial charge in [0, 0.05) is 38.4 Å². The molecule has 1 aromatic heterocycles. The maximum Gasteiger partial charge on any atom is 0.251 e. The molecule has 1 aliphatic rings. The first-order valence-electron chi connectivity index (χ1n) is 9.40. The summed E-state index contributed by atoms with van der Waals surface area (Å²) in [6, 6.07) is 8.82. The van der Waals surface area contributed by atoms with Gasteiger partial charge in [-0.15, -0.1) is 0 Å². The first kappa shape index (κ1) is 19.8. The van der Waals surface area contributed by atoms with Gasteiger partial charge in [-0.3, -0.25) is 9.59 Å². The van der Waals surface area contributed by atoms with Gasteiger partial charge in [-0.2, -0.15) is 0 Å². The number of nitrogens with one attached hydrogen (secondary N) is 1. The topological polar surface area (TPSA) is 81.0 Å². The van der Waals surface area contributed by atoms with Gasteiger partial charge in [0.15, 0.2) is 11.5 Å². The van der Waals surface area contributed by atoms with Crippen molar-refractivity contribution in [3.05, 3.63) is 47.4 Å². The van der Waals surface area contributed by atoms with Crippen LogP contribution >= 0.6 is 0 Å². The minimum absolute atomic E-state index is 0.0195. The molecule has 1 aromatic carbocycles. The molecule has 2 amide bonds. The highest BCUT2D eigenvalue weighted by molar-refractivity contribution is 5.94. The first-order valence-corrected chi connectivity index (χ1v) is 9.40. The largest absolute Gasteiger partial charge is 0.493 e. The Bertz CT molecular complexity index is 837. The quantitative estimate of drug-likeness (QED) is 0.826. The zero-order valence-electron chi connectivity index (χ0n) is 16.5. The molecule has 0 aliphatic carbocycles. The van der Waals surface area contributed by atoms with Gasteiger partial charge >= 0.3 is 0 Å². The lowest BCUT2D eigenvalue weighted by molar-refractivity contribution is -0.130. The molecule has 28 heavy (non-hydrogen) atoms. The normalized spacial score (nSPS) is 14.6. The second kappa shape index (κ2) is 8.82. The number of hydrogen-bond donors (Lipinski definition) is 1. The first-order chi connectivity index (χ1) is 13.5. The number of carbonyl (C=O) groups excluding carboxylic acids is 2. The zero-order valence-corrected chi connectivity index (χ0v) is 16.5. The van der Waals surface area contributed by atoms with Crippen LogP contribution in [-0.2, 0) is 11.3 Å². The van der Waals surface area contributed by atoms with E-state index >= 15 is 0 Å². The highest BCUT2D eigenvalue weighted by Gasteiger charge is 2.23. The number of hydrogen-bond acceptors (Lipinski definition) is 5. The Morgan fingerprint density at radius 3 is 2.54 bits per heavy atom. The minimum atomic E-state index is -0.215. The van der Waals surface area contributed by atoms with E-state index in [9.17, 15) is 9.59 Å². The lowest BCUT2D eigenvalue weighted by Gasteiger charge is -2.31. The van der Waals surface area contributed by atoms with Gasteiger partial charge in [-0.25, -0.2) is 0 Å². The summed E-state index contributed by atoms with van der Waals surface area (Å²) >= 11 is 0. The standard InChI is InChI=1S/C21H26N2O5/c1-14-4-6-18(27-14)13-22-21(25)16-5-7-19(26-3)20(12-16)28-17-8-10-23(11-9-17)15(2)24/h4-7,12,17H,8-11,13H2,1-3H3,(H,22,25). The summed E-state index contributed by atoms with van der Waals surface area (Å²) in [6.45, 7) is 5.10. The van der Waals surface area contributed by atoms with Crippen molar-refractivity contribution >= 4 is 11.8 Å². The average Bonchev–Trinajstić information content (AvgIpc) is 3.11. The Kier molecular flexibility index (Phi) is 6.23. The number of aryl methyl sites for hydroxylation is 1. The molecule has 0 atom stereocenters. The van der Waals surface area contributed by atoms with Crippen molar-refractivity contribution < 1.29 is 23.5 Å². The molecular formula is C21H26N2O5. The summed E-state index contributed by atoms with van der Waals surface area (Å²) in [6.07, 6.45) is 1.47. The second-order valence-electron chi connectivity index (χ2n) is 6.88. The van der Waals surface area contributed by atoms with E-state index in [0.29, 0.717) is 42.5 Å². The van der Waals surface area contributed by atoms with E-state index in [1.165, 1.54) is 0 Å². The van der Waals surface area contributed by atoms with E-state index in [0.717, 1.165) is 18.6 Å². The molecule has 2 aromatic rings. The molecule has 0 unspecified atom stereocenters. The van der Waals surface area contributed by atoms with Gasteiger partial charge in [0.2, 0.25) is 5.91 Å². The Morgan fingerprint density at radius 1 is 1.18 bits per heavy atom. The molecule has 7 heteroatoms. The predicted molar refractivity (Wildman–Crippen MR) is 104 cm³/mol. The van der Waals surface area contributed by atoms with Crippen LogP contribution < -0.4 is 14.8 Å². The maximum absolute atomic E-state index is 12.5. The molecule has 1 fully saturated rings. The third-order valence-corrected chi connectivity index (χ3v) is 4.83. The maximum atomic E-state index is 12.5. The van der Waals surface area contributed by atoms with Gasteiger partial charge in [0.05, 0.1) is 13.7 Å². The van der Waals surface area contributed by atoms with Gasteiger partial charge in [-0.05, 0) is 37.3 Å². The molecule has 1 N–H and O–H groups in total. The number of rotatable bonds is 6. The fraction of sp³-hybridized carbons (Fsp3) is 0.429. The van der Waals surface area contributed by atoms with E-state index in [4.69, 9.17) is 13.9 Å². The number of methoxy groups -OCH3 is 1. The monoisotopic (exact) mass is 386 g/mol. The Labute approximate surface area is 164 Å². The number of benzene rings is 1. The third kappa shape index (κ3) is 4.85. The van der Waals surface area contributed by atoms with Crippen LogP contribution in [0.2, 0.25) is 0 Å². The van der Waals surface area contributed by atoms with Gasteiger partial charge in [-0.1, -0.05) is 0 Å². The van der Waals surface area contributed by atoms with Crippen molar-refractivity contribution in [3.63, 3.8) is 0 Å². The predicted octanol–water partition coefficient (Wildman–Crippen LogP) is 2.92. The van der Waals surface area contributed by atoms with E-state index in [1.54, 1.807) is 32.2 Å². The highest BCUT2D eigenvalue weighted by Crippen LogP contribution is 2.31. The molecule has 0 saturated carbocycles. The Hall–Kier alpha value is -2.96. The van der Waals surface area contributed by atoms with Crippen LogP contribution in [0.5, 0.6) is 11.5 Å². The van der Waals surface area contributed by atoms with Crippen molar-refractivity contribution in [3.8, 4) is 11.5 Å². The van der Waals surface area contributed by atoms with Crippen LogP contribution in [0.1, 0.15) is 41.6 Å². The van der Waals surface area contributed by atoms with E-state index < -0.39 is 0 Å². The molecule has 3 rings (SSSR count). The van der Waals surface area contributed by atoms with Crippen LogP contribution in [0.4, 0.5) is 0 Å². The number of furan rings is 1. The average molecular weight is 386 g/mol. The van der Waals surface area contributed by atoms with Gasteiger partial charge in [0.25, 0.3) is 5.91 Å². The number of ether oxygens (including phenoxy) is 2. The van der Waals surface area contributed by atoms with Crippen molar-refractivity contribution in [1.29, 1.82) is 0 Å². The highest BCUT2D eigenvalue weighted by atomic mass is 16.5. The van der Waals surface area contributed by atoms with Crippen molar-refractivity contribution in [2.75, 3.05) is 20.2 Å². The lowest BCUT2D eigenvalue weighted by atomic mass is 10.1. The SMILES string of the molecule is COc1ccc(C(=O)NCc2ccc(C)o2)cc1OC1CCN(C(C)=O)CC1. The molecule has 1 aliphatic heterocycles. The second-order valence-corrected chi connectivity index (χ2v) is 6.88. The molecular weight excluding hydrogens is 360 g/mol. The molecule has 1 saturated heterocycles.